The largest absolute Gasteiger partial charge is 0.395 e. The molecule has 0 aromatic heterocycles. The summed E-state index contributed by atoms with van der Waals surface area (Å²) < 4.78 is 70.6. The zero-order chi connectivity index (χ0) is 42.1. The summed E-state index contributed by atoms with van der Waals surface area (Å²) in [5, 5.41) is 16.0. The quantitative estimate of drug-likeness (QED) is 0.0424. The number of rotatable bonds is 20. The van der Waals surface area contributed by atoms with Gasteiger partial charge in [0.1, 0.15) is 12.1 Å². The highest BCUT2D eigenvalue weighted by molar-refractivity contribution is 7.89. The fraction of sp³-hybridized carbons (Fsp3) is 0.548. The Morgan fingerprint density at radius 1 is 1.13 bits per heavy atom. The van der Waals surface area contributed by atoms with Crippen molar-refractivity contribution in [3.8, 4) is 0 Å². The summed E-state index contributed by atoms with van der Waals surface area (Å²) in [6.07, 6.45) is 22.6. The highest BCUT2D eigenvalue weighted by Gasteiger charge is 2.17. The first kappa shape index (κ1) is 53.9. The smallest absolute Gasteiger partial charge is 0.386 e. The lowest BCUT2D eigenvalue weighted by Crippen LogP contribution is -2.34. The number of carbonyl (C=O) groups excluding carboxylic acids is 1. The van der Waals surface area contributed by atoms with E-state index < -0.39 is 22.2 Å². The molecule has 0 unspecified atom stereocenters. The van der Waals surface area contributed by atoms with Crippen molar-refractivity contribution >= 4 is 16.3 Å². The van der Waals surface area contributed by atoms with Gasteiger partial charge in [-0.2, -0.15) is 13.2 Å². The van der Waals surface area contributed by atoms with E-state index in [4.69, 9.17) is 5.11 Å². The van der Waals surface area contributed by atoms with Crippen LogP contribution in [0.3, 0.4) is 0 Å². The van der Waals surface area contributed by atoms with Crippen molar-refractivity contribution in [2.45, 2.75) is 97.8 Å². The number of nitrogens with one attached hydrogen (secondary N) is 3. The van der Waals surface area contributed by atoms with Crippen LogP contribution in [-0.2, 0) is 14.8 Å². The second-order valence-electron chi connectivity index (χ2n) is 12.9. The van der Waals surface area contributed by atoms with Gasteiger partial charge in [0.15, 0.2) is 0 Å². The maximum atomic E-state index is 13.1. The van der Waals surface area contributed by atoms with Crippen molar-refractivity contribution in [2.24, 2.45) is 0 Å². The second kappa shape index (κ2) is 33.0. The minimum atomic E-state index is -4.00. The number of nitrogens with zero attached hydrogens (tertiary/aromatic N) is 1. The highest BCUT2D eigenvalue weighted by Crippen LogP contribution is 2.26. The average Bonchev–Trinajstić information content (AvgIpc) is 3.47. The molecule has 0 radical (unpaired) electrons. The summed E-state index contributed by atoms with van der Waals surface area (Å²) in [7, 11) is -1.37. The van der Waals surface area contributed by atoms with Gasteiger partial charge in [0.25, 0.3) is 0 Å². The van der Waals surface area contributed by atoms with Crippen LogP contribution in [0.2, 0.25) is 0 Å². The molecule has 8 nitrogen and oxygen atoms in total. The molecule has 0 saturated heterocycles. The molecular formula is C42H68F4N4O4S. The van der Waals surface area contributed by atoms with E-state index >= 15 is 0 Å². The van der Waals surface area contributed by atoms with Gasteiger partial charge in [0.05, 0.1) is 12.4 Å². The molecular weight excluding hydrogens is 733 g/mol. The van der Waals surface area contributed by atoms with E-state index in [0.717, 1.165) is 63.8 Å². The standard InChI is InChI=1S/C21H39N3O.C16H20FNO2S.C3H6O.C2H3F3/c1-5-19-16-21(22-4)10-7-9-20(19)15-18(3)17-23-11-8-12-24(6-2)13-14-25;1-3-4-5-6-7-13-21(19,20)18-14(2)15-9-8-10-16(17)12-11-15;1-2-3-4;1-2(3,4)5/h5,15,21-23,25H,1,6-14,16-17H2,2-4H3;3-9,11-12,14,18H,1,10,13H2,2H3;3H,2H2,1H3;1H3/b18-15+;5-4-,7-6-;;/t21-;14-;;/m11../s1. The van der Waals surface area contributed by atoms with Crippen LogP contribution in [0.15, 0.2) is 108 Å². The van der Waals surface area contributed by atoms with Crippen molar-refractivity contribution in [2.75, 3.05) is 52.1 Å². The number of aliphatic hydroxyl groups is 1. The molecule has 2 atom stereocenters. The minimum Gasteiger partial charge on any atom is -0.395 e. The molecule has 13 heteroatoms. The molecule has 2 rings (SSSR count). The Hall–Kier alpha value is -3.20. The molecule has 2 aliphatic carbocycles. The normalized spacial score (nSPS) is 17.1. The molecule has 4 N–H and O–H groups in total. The summed E-state index contributed by atoms with van der Waals surface area (Å²) in [6.45, 7) is 20.7. The Labute approximate surface area is 329 Å². The molecule has 55 heavy (non-hydrogen) atoms. The molecule has 0 bridgehead atoms. The lowest BCUT2D eigenvalue weighted by Gasteiger charge is -2.18. The van der Waals surface area contributed by atoms with Crippen molar-refractivity contribution in [1.29, 1.82) is 0 Å². The molecule has 0 aromatic rings. The number of allylic oxidation sites excluding steroid dienone is 11. The first-order chi connectivity index (χ1) is 26.0. The van der Waals surface area contributed by atoms with E-state index in [0.29, 0.717) is 12.5 Å². The number of alkyl halides is 3. The van der Waals surface area contributed by atoms with E-state index in [1.807, 2.05) is 13.0 Å². The van der Waals surface area contributed by atoms with Gasteiger partial charge >= 0.3 is 6.18 Å². The van der Waals surface area contributed by atoms with Crippen LogP contribution in [-0.4, -0.2) is 95.1 Å². The molecule has 0 aromatic carbocycles. The molecule has 314 valence electrons. The Kier molecular flexibility index (Phi) is 32.3. The zero-order valence-electron chi connectivity index (χ0n) is 33.9. The van der Waals surface area contributed by atoms with E-state index in [-0.39, 0.29) is 31.5 Å². The van der Waals surface area contributed by atoms with Crippen molar-refractivity contribution in [3.05, 3.63) is 108 Å². The fourth-order valence-electron chi connectivity index (χ4n) is 5.15. The predicted molar refractivity (Wildman–Crippen MR) is 223 cm³/mol. The Balaban J connectivity index is 0. The van der Waals surface area contributed by atoms with Crippen LogP contribution >= 0.6 is 0 Å². The summed E-state index contributed by atoms with van der Waals surface area (Å²) in [6, 6.07) is 0.170. The number of halogens is 4. The Morgan fingerprint density at radius 3 is 2.36 bits per heavy atom. The number of likely N-dealkylation sites (N-methyl/N-ethyl adjacent to an activating group) is 1. The predicted octanol–water partition coefficient (Wildman–Crippen LogP) is 8.37. The van der Waals surface area contributed by atoms with Gasteiger partial charge in [-0.25, -0.2) is 17.5 Å². The second-order valence-corrected chi connectivity index (χ2v) is 14.7. The van der Waals surface area contributed by atoms with E-state index in [1.54, 1.807) is 55.5 Å². The SMILES string of the molecule is C=C/C=C\C=C/CS(=O)(=O)N[C@H](C)C1=CC=C(F)CC=C1.C=CC1=C(/C=C(\C)CNCCCN(CC)CCO)CCC[C@@H](NC)C1.CC(F)(F)F.CCC=O. The summed E-state index contributed by atoms with van der Waals surface area (Å²) in [4.78, 5) is 11.5. The molecule has 0 spiro atoms. The van der Waals surface area contributed by atoms with Crippen molar-refractivity contribution in [3.63, 3.8) is 0 Å². The van der Waals surface area contributed by atoms with Crippen LogP contribution in [0.25, 0.3) is 0 Å². The third-order valence-corrected chi connectivity index (χ3v) is 9.30. The molecule has 0 amide bonds. The number of hydrogen-bond donors (Lipinski definition) is 4. The van der Waals surface area contributed by atoms with E-state index in [1.165, 1.54) is 35.6 Å². The Bertz CT molecular complexity index is 1410. The molecule has 0 aliphatic heterocycles. The van der Waals surface area contributed by atoms with E-state index in [9.17, 15) is 30.8 Å². The topological polar surface area (TPSA) is 111 Å². The zero-order valence-corrected chi connectivity index (χ0v) is 34.8. The molecule has 0 heterocycles. The summed E-state index contributed by atoms with van der Waals surface area (Å²) in [5.41, 5.74) is 4.98. The maximum absolute atomic E-state index is 13.1. The Morgan fingerprint density at radius 2 is 1.80 bits per heavy atom. The van der Waals surface area contributed by atoms with Crippen molar-refractivity contribution in [1.82, 2.24) is 20.3 Å². The maximum Gasteiger partial charge on any atom is 0.386 e. The van der Waals surface area contributed by atoms with Gasteiger partial charge in [-0.15, -0.1) is 0 Å². The van der Waals surface area contributed by atoms with Gasteiger partial charge in [-0.05, 0) is 95.4 Å². The lowest BCUT2D eigenvalue weighted by molar-refractivity contribution is -0.110. The molecule has 0 saturated carbocycles. The average molecular weight is 801 g/mol. The molecule has 0 fully saturated rings. The fourth-order valence-corrected chi connectivity index (χ4v) is 6.29. The highest BCUT2D eigenvalue weighted by atomic mass is 32.2. The van der Waals surface area contributed by atoms with Crippen LogP contribution in [0.4, 0.5) is 17.6 Å². The minimum absolute atomic E-state index is 0.111. The number of sulfonamides is 1. The van der Waals surface area contributed by atoms with Crippen LogP contribution < -0.4 is 15.4 Å². The number of aliphatic hydroxyl groups excluding tert-OH is 1. The van der Waals surface area contributed by atoms with Gasteiger partial charge in [0.2, 0.25) is 10.0 Å². The third kappa shape index (κ3) is 32.7. The first-order valence-electron chi connectivity index (χ1n) is 18.9. The van der Waals surface area contributed by atoms with E-state index in [2.05, 4.69) is 60.4 Å². The number of carbonyl (C=O) groups is 1. The van der Waals surface area contributed by atoms with Gasteiger partial charge < -0.3 is 25.4 Å². The monoisotopic (exact) mass is 800 g/mol. The van der Waals surface area contributed by atoms with Gasteiger partial charge in [0, 0.05) is 44.9 Å². The van der Waals surface area contributed by atoms with Crippen LogP contribution in [0.1, 0.15) is 79.6 Å². The van der Waals surface area contributed by atoms with Crippen LogP contribution in [0.5, 0.6) is 0 Å². The number of hydrogen-bond acceptors (Lipinski definition) is 7. The van der Waals surface area contributed by atoms with Gasteiger partial charge in [-0.3, -0.25) is 0 Å². The molecule has 2 aliphatic rings. The number of aldehydes is 1. The summed E-state index contributed by atoms with van der Waals surface area (Å²) in [5.74, 6) is -0.353. The van der Waals surface area contributed by atoms with Crippen molar-refractivity contribution < 1.29 is 35.9 Å². The van der Waals surface area contributed by atoms with Gasteiger partial charge in [-0.1, -0.05) is 93.3 Å². The third-order valence-electron chi connectivity index (χ3n) is 7.96. The first-order valence-corrected chi connectivity index (χ1v) is 20.6. The lowest BCUT2D eigenvalue weighted by atomic mass is 10.00. The van der Waals surface area contributed by atoms with Crippen LogP contribution in [0, 0.1) is 0 Å². The summed E-state index contributed by atoms with van der Waals surface area (Å²) >= 11 is 0.